The van der Waals surface area contributed by atoms with E-state index in [9.17, 15) is 4.79 Å². The summed E-state index contributed by atoms with van der Waals surface area (Å²) >= 11 is 0. The molecule has 1 aromatic carbocycles. The van der Waals surface area contributed by atoms with Gasteiger partial charge in [-0.2, -0.15) is 0 Å². The molecule has 4 nitrogen and oxygen atoms in total. The molecule has 1 amide bonds. The van der Waals surface area contributed by atoms with E-state index >= 15 is 0 Å². The van der Waals surface area contributed by atoms with E-state index in [0.29, 0.717) is 6.61 Å². The summed E-state index contributed by atoms with van der Waals surface area (Å²) in [6, 6.07) is 10.6. The number of benzene rings is 1. The summed E-state index contributed by atoms with van der Waals surface area (Å²) in [5, 5.41) is 0. The fourth-order valence-corrected chi connectivity index (χ4v) is 3.58. The maximum absolute atomic E-state index is 10.9. The third kappa shape index (κ3) is 3.56. The first-order valence-electron chi connectivity index (χ1n) is 7.86. The molecule has 2 aliphatic rings. The van der Waals surface area contributed by atoms with E-state index in [1.165, 1.54) is 18.4 Å². The summed E-state index contributed by atoms with van der Waals surface area (Å²) in [7, 11) is 0. The molecule has 1 heterocycles. The van der Waals surface area contributed by atoms with Crippen molar-refractivity contribution in [1.29, 1.82) is 0 Å². The molecular weight excluding hydrogens is 264 g/mol. The Morgan fingerprint density at radius 2 is 1.90 bits per heavy atom. The number of likely N-dealkylation sites (tertiary alicyclic amines) is 1. The largest absolute Gasteiger partial charge is 0.449 e. The maximum atomic E-state index is 10.9. The van der Waals surface area contributed by atoms with Gasteiger partial charge in [-0.15, -0.1) is 0 Å². The van der Waals surface area contributed by atoms with Crippen LogP contribution in [0.4, 0.5) is 4.79 Å². The zero-order valence-corrected chi connectivity index (χ0v) is 12.5. The number of piperidine rings is 1. The fourth-order valence-electron chi connectivity index (χ4n) is 3.58. The standard InChI is InChI=1S/C17H24N2O2/c18-16(20)21-13-17(15-6-7-15)8-10-19(11-9-17)12-14-4-2-1-3-5-14/h1-5,15H,6-13H2,(H2,18,20). The van der Waals surface area contributed by atoms with Crippen molar-refractivity contribution in [2.45, 2.75) is 32.2 Å². The summed E-state index contributed by atoms with van der Waals surface area (Å²) in [6.45, 7) is 3.67. The van der Waals surface area contributed by atoms with Crippen LogP contribution in [0, 0.1) is 11.3 Å². The predicted octanol–water partition coefficient (Wildman–Crippen LogP) is 2.77. The molecule has 2 N–H and O–H groups in total. The highest BCUT2D eigenvalue weighted by atomic mass is 16.5. The van der Waals surface area contributed by atoms with Gasteiger partial charge in [0.2, 0.25) is 0 Å². The Hall–Kier alpha value is -1.55. The molecule has 0 aromatic heterocycles. The van der Waals surface area contributed by atoms with Gasteiger partial charge in [0.1, 0.15) is 0 Å². The first-order chi connectivity index (χ1) is 10.2. The van der Waals surface area contributed by atoms with Gasteiger partial charge in [0.05, 0.1) is 6.61 Å². The maximum Gasteiger partial charge on any atom is 0.404 e. The molecule has 1 saturated heterocycles. The van der Waals surface area contributed by atoms with Gasteiger partial charge in [-0.3, -0.25) is 4.90 Å². The second kappa shape index (κ2) is 6.06. The van der Waals surface area contributed by atoms with Crippen LogP contribution >= 0.6 is 0 Å². The number of hydrogen-bond acceptors (Lipinski definition) is 3. The fraction of sp³-hybridized carbons (Fsp3) is 0.588. The molecule has 0 bridgehead atoms. The van der Waals surface area contributed by atoms with Crippen molar-refractivity contribution in [2.24, 2.45) is 17.1 Å². The Balaban J connectivity index is 1.56. The summed E-state index contributed by atoms with van der Waals surface area (Å²) in [5.74, 6) is 0.732. The van der Waals surface area contributed by atoms with Crippen LogP contribution in [0.25, 0.3) is 0 Å². The van der Waals surface area contributed by atoms with Gasteiger partial charge in [0.25, 0.3) is 0 Å². The van der Waals surface area contributed by atoms with Crippen molar-refractivity contribution in [1.82, 2.24) is 4.90 Å². The van der Waals surface area contributed by atoms with Crippen molar-refractivity contribution < 1.29 is 9.53 Å². The van der Waals surface area contributed by atoms with Crippen LogP contribution in [0.2, 0.25) is 0 Å². The lowest BCUT2D eigenvalue weighted by Gasteiger charge is -2.41. The van der Waals surface area contributed by atoms with Crippen molar-refractivity contribution in [3.8, 4) is 0 Å². The van der Waals surface area contributed by atoms with Crippen LogP contribution in [-0.2, 0) is 11.3 Å². The molecule has 3 rings (SSSR count). The Morgan fingerprint density at radius 3 is 2.48 bits per heavy atom. The average molecular weight is 288 g/mol. The topological polar surface area (TPSA) is 55.6 Å². The Labute approximate surface area is 126 Å². The number of primary amides is 1. The molecule has 1 aromatic rings. The molecule has 0 atom stereocenters. The number of hydrogen-bond donors (Lipinski definition) is 1. The third-order valence-electron chi connectivity index (χ3n) is 5.05. The quantitative estimate of drug-likeness (QED) is 0.906. The van der Waals surface area contributed by atoms with E-state index in [4.69, 9.17) is 10.5 Å². The van der Waals surface area contributed by atoms with E-state index < -0.39 is 6.09 Å². The Kier molecular flexibility index (Phi) is 4.15. The molecule has 114 valence electrons. The van der Waals surface area contributed by atoms with Crippen LogP contribution < -0.4 is 5.73 Å². The zero-order chi connectivity index (χ0) is 14.7. The van der Waals surface area contributed by atoms with Gasteiger partial charge in [0, 0.05) is 12.0 Å². The Bertz CT molecular complexity index is 477. The normalized spacial score (nSPS) is 21.9. The number of rotatable bonds is 5. The highest BCUT2D eigenvalue weighted by Crippen LogP contribution is 2.51. The van der Waals surface area contributed by atoms with Gasteiger partial charge < -0.3 is 10.5 Å². The van der Waals surface area contributed by atoms with Crippen molar-refractivity contribution in [2.75, 3.05) is 19.7 Å². The number of carbonyl (C=O) groups excluding carboxylic acids is 1. The van der Waals surface area contributed by atoms with E-state index in [2.05, 4.69) is 35.2 Å². The van der Waals surface area contributed by atoms with Crippen molar-refractivity contribution >= 4 is 6.09 Å². The van der Waals surface area contributed by atoms with Crippen molar-refractivity contribution in [3.05, 3.63) is 35.9 Å². The minimum atomic E-state index is -0.637. The van der Waals surface area contributed by atoms with E-state index in [1.54, 1.807) is 0 Å². The minimum Gasteiger partial charge on any atom is -0.449 e. The molecule has 1 aliphatic heterocycles. The molecule has 1 saturated carbocycles. The van der Waals surface area contributed by atoms with Crippen molar-refractivity contribution in [3.63, 3.8) is 0 Å². The van der Waals surface area contributed by atoms with Gasteiger partial charge in [0.15, 0.2) is 0 Å². The van der Waals surface area contributed by atoms with E-state index in [0.717, 1.165) is 38.4 Å². The number of nitrogens with two attached hydrogens (primary N) is 1. The molecule has 0 unspecified atom stereocenters. The molecule has 4 heteroatoms. The zero-order valence-electron chi connectivity index (χ0n) is 12.5. The van der Waals surface area contributed by atoms with Crippen LogP contribution in [0.15, 0.2) is 30.3 Å². The number of ether oxygens (including phenoxy) is 1. The first-order valence-corrected chi connectivity index (χ1v) is 7.86. The highest BCUT2D eigenvalue weighted by molar-refractivity contribution is 5.64. The second-order valence-electron chi connectivity index (χ2n) is 6.51. The number of amides is 1. The monoisotopic (exact) mass is 288 g/mol. The molecule has 1 aliphatic carbocycles. The number of nitrogens with zero attached hydrogens (tertiary/aromatic N) is 1. The van der Waals surface area contributed by atoms with Crippen LogP contribution in [0.3, 0.4) is 0 Å². The molecule has 0 radical (unpaired) electrons. The summed E-state index contributed by atoms with van der Waals surface area (Å²) in [5.41, 5.74) is 6.70. The summed E-state index contributed by atoms with van der Waals surface area (Å²) < 4.78 is 5.16. The SMILES string of the molecule is NC(=O)OCC1(C2CC2)CCN(Cc2ccccc2)CC1. The van der Waals surface area contributed by atoms with Gasteiger partial charge >= 0.3 is 6.09 Å². The summed E-state index contributed by atoms with van der Waals surface area (Å²) in [4.78, 5) is 13.4. The summed E-state index contributed by atoms with van der Waals surface area (Å²) in [6.07, 6.45) is 4.14. The lowest BCUT2D eigenvalue weighted by Crippen LogP contribution is -2.44. The van der Waals surface area contributed by atoms with Crippen LogP contribution in [-0.4, -0.2) is 30.7 Å². The second-order valence-corrected chi connectivity index (χ2v) is 6.51. The molecule has 0 spiro atoms. The Morgan fingerprint density at radius 1 is 1.24 bits per heavy atom. The van der Waals surface area contributed by atoms with Gasteiger partial charge in [-0.25, -0.2) is 4.79 Å². The van der Waals surface area contributed by atoms with Crippen LogP contribution in [0.1, 0.15) is 31.2 Å². The molecule has 21 heavy (non-hydrogen) atoms. The molecule has 2 fully saturated rings. The average Bonchev–Trinajstić information content (AvgIpc) is 3.33. The van der Waals surface area contributed by atoms with E-state index in [-0.39, 0.29) is 5.41 Å². The number of carbonyl (C=O) groups is 1. The lowest BCUT2D eigenvalue weighted by molar-refractivity contribution is 0.0149. The van der Waals surface area contributed by atoms with E-state index in [1.807, 2.05) is 0 Å². The highest BCUT2D eigenvalue weighted by Gasteiger charge is 2.47. The van der Waals surface area contributed by atoms with Crippen LogP contribution in [0.5, 0.6) is 0 Å². The predicted molar refractivity (Wildman–Crippen MR) is 81.6 cm³/mol. The smallest absolute Gasteiger partial charge is 0.404 e. The third-order valence-corrected chi connectivity index (χ3v) is 5.05. The lowest BCUT2D eigenvalue weighted by atomic mass is 9.74. The van der Waals surface area contributed by atoms with Gasteiger partial charge in [-0.05, 0) is 50.3 Å². The first kappa shape index (κ1) is 14.4. The minimum absolute atomic E-state index is 0.183. The molecular formula is C17H24N2O2. The van der Waals surface area contributed by atoms with Gasteiger partial charge in [-0.1, -0.05) is 30.3 Å².